The molecular weight excluding hydrogens is 623 g/mol. The minimum atomic E-state index is -0.863. The van der Waals surface area contributed by atoms with Gasteiger partial charge in [0.2, 0.25) is 0 Å². The van der Waals surface area contributed by atoms with Crippen LogP contribution in [0.25, 0.3) is 71.9 Å². The number of hydrogen-bond donors (Lipinski definition) is 0. The zero-order chi connectivity index (χ0) is 33.5. The molecule has 1 aliphatic rings. The first-order chi connectivity index (χ1) is 25.3. The summed E-state index contributed by atoms with van der Waals surface area (Å²) in [5, 5.41) is 4.53. The molecule has 0 spiro atoms. The number of nitrogens with zero attached hydrogens (tertiary/aromatic N) is 3. The van der Waals surface area contributed by atoms with Crippen LogP contribution in [-0.2, 0) is 5.41 Å². The molecule has 0 saturated heterocycles. The van der Waals surface area contributed by atoms with Crippen molar-refractivity contribution in [2.75, 3.05) is 0 Å². The number of hydrogen-bond acceptors (Lipinski definition) is 3. The van der Waals surface area contributed by atoms with Gasteiger partial charge in [-0.05, 0) is 52.1 Å². The van der Waals surface area contributed by atoms with E-state index in [0.717, 1.165) is 72.6 Å². The lowest BCUT2D eigenvalue weighted by atomic mass is 9.70. The Balaban J connectivity index is 1.34. The Labute approximate surface area is 293 Å². The van der Waals surface area contributed by atoms with E-state index in [-0.39, 0.29) is 0 Å². The molecule has 0 fully saturated rings. The fourth-order valence-electron chi connectivity index (χ4n) is 8.62. The van der Waals surface area contributed by atoms with E-state index in [4.69, 9.17) is 14.4 Å². The van der Waals surface area contributed by atoms with Crippen LogP contribution in [-0.4, -0.2) is 14.5 Å². The van der Waals surface area contributed by atoms with E-state index < -0.39 is 5.41 Å². The molecule has 51 heavy (non-hydrogen) atoms. The second-order valence-electron chi connectivity index (χ2n) is 13.3. The molecule has 3 heterocycles. The minimum absolute atomic E-state index is 0.718. The summed E-state index contributed by atoms with van der Waals surface area (Å²) >= 11 is 0. The van der Waals surface area contributed by atoms with Crippen LogP contribution in [0.2, 0.25) is 0 Å². The van der Waals surface area contributed by atoms with Crippen LogP contribution in [0.1, 0.15) is 22.5 Å². The number of para-hydroxylation sites is 3. The van der Waals surface area contributed by atoms with Crippen molar-refractivity contribution >= 4 is 43.7 Å². The molecule has 0 aliphatic heterocycles. The van der Waals surface area contributed by atoms with Crippen LogP contribution in [0.4, 0.5) is 0 Å². The summed E-state index contributed by atoms with van der Waals surface area (Å²) in [4.78, 5) is 11.3. The first-order valence-electron chi connectivity index (χ1n) is 17.3. The van der Waals surface area contributed by atoms with E-state index in [1.54, 1.807) is 0 Å². The van der Waals surface area contributed by atoms with E-state index in [0.29, 0.717) is 0 Å². The maximum Gasteiger partial charge on any atom is 0.150 e. The van der Waals surface area contributed by atoms with Crippen molar-refractivity contribution in [1.29, 1.82) is 0 Å². The first kappa shape index (κ1) is 28.1. The molecule has 4 heteroatoms. The van der Waals surface area contributed by atoms with Gasteiger partial charge < -0.3 is 4.42 Å². The Morgan fingerprint density at radius 2 is 1.00 bits per heavy atom. The van der Waals surface area contributed by atoms with Gasteiger partial charge in [0.25, 0.3) is 0 Å². The molecule has 3 aromatic heterocycles. The van der Waals surface area contributed by atoms with Crippen molar-refractivity contribution in [2.24, 2.45) is 0 Å². The smallest absolute Gasteiger partial charge is 0.150 e. The SMILES string of the molecule is c1ccc(-c2cc(-n3c4ccccc4c4ccccc43)nc(C3(c4cccc5oc6ccccc6c45)c4ccccc4-c4ccccc43)n2)cc1. The fraction of sp³-hybridized carbons (Fsp3) is 0.0213. The van der Waals surface area contributed by atoms with Crippen molar-refractivity contribution in [1.82, 2.24) is 14.5 Å². The van der Waals surface area contributed by atoms with E-state index in [1.165, 1.54) is 21.9 Å². The highest BCUT2D eigenvalue weighted by molar-refractivity contribution is 6.10. The van der Waals surface area contributed by atoms with Gasteiger partial charge in [0.05, 0.1) is 16.7 Å². The molecule has 4 nitrogen and oxygen atoms in total. The molecule has 11 rings (SSSR count). The molecule has 0 bridgehead atoms. The van der Waals surface area contributed by atoms with Gasteiger partial charge in [0, 0.05) is 33.2 Å². The van der Waals surface area contributed by atoms with E-state index in [2.05, 4.69) is 174 Å². The summed E-state index contributed by atoms with van der Waals surface area (Å²) in [6.45, 7) is 0. The van der Waals surface area contributed by atoms with Crippen molar-refractivity contribution < 1.29 is 4.42 Å². The maximum atomic E-state index is 6.54. The second-order valence-corrected chi connectivity index (χ2v) is 13.3. The van der Waals surface area contributed by atoms with Crippen molar-refractivity contribution in [2.45, 2.75) is 5.41 Å². The summed E-state index contributed by atoms with van der Waals surface area (Å²) in [5.74, 6) is 1.54. The van der Waals surface area contributed by atoms with Crippen LogP contribution in [0.15, 0.2) is 180 Å². The van der Waals surface area contributed by atoms with Crippen molar-refractivity contribution in [3.8, 4) is 28.2 Å². The summed E-state index contributed by atoms with van der Waals surface area (Å²) in [7, 11) is 0. The number of benzene rings is 7. The number of rotatable bonds is 4. The van der Waals surface area contributed by atoms with Crippen LogP contribution >= 0.6 is 0 Å². The molecule has 0 atom stereocenters. The van der Waals surface area contributed by atoms with Crippen molar-refractivity contribution in [3.05, 3.63) is 198 Å². The Morgan fingerprint density at radius 1 is 0.451 bits per heavy atom. The topological polar surface area (TPSA) is 43.9 Å². The Kier molecular flexibility index (Phi) is 5.84. The van der Waals surface area contributed by atoms with Gasteiger partial charge >= 0.3 is 0 Å². The summed E-state index contributed by atoms with van der Waals surface area (Å²) in [6, 6.07) is 62.1. The lowest BCUT2D eigenvalue weighted by Gasteiger charge is -2.32. The highest BCUT2D eigenvalue weighted by Crippen LogP contribution is 2.57. The third kappa shape index (κ3) is 3.84. The molecule has 0 amide bonds. The Bertz CT molecular complexity index is 2890. The first-order valence-corrected chi connectivity index (χ1v) is 17.3. The third-order valence-corrected chi connectivity index (χ3v) is 10.7. The summed E-state index contributed by atoms with van der Waals surface area (Å²) in [6.07, 6.45) is 0. The molecule has 1 aliphatic carbocycles. The second kappa shape index (κ2) is 10.6. The Morgan fingerprint density at radius 3 is 1.71 bits per heavy atom. The lowest BCUT2D eigenvalue weighted by Crippen LogP contribution is -2.32. The highest BCUT2D eigenvalue weighted by Gasteiger charge is 2.50. The van der Waals surface area contributed by atoms with Gasteiger partial charge in [-0.15, -0.1) is 0 Å². The van der Waals surface area contributed by atoms with Crippen LogP contribution in [0.5, 0.6) is 0 Å². The van der Waals surface area contributed by atoms with E-state index in [1.807, 2.05) is 6.07 Å². The molecule has 238 valence electrons. The molecule has 0 unspecified atom stereocenters. The van der Waals surface area contributed by atoms with Crippen LogP contribution < -0.4 is 0 Å². The summed E-state index contributed by atoms with van der Waals surface area (Å²) < 4.78 is 8.84. The van der Waals surface area contributed by atoms with Gasteiger partial charge in [-0.1, -0.05) is 146 Å². The number of aromatic nitrogens is 3. The fourth-order valence-corrected chi connectivity index (χ4v) is 8.62. The van der Waals surface area contributed by atoms with E-state index in [9.17, 15) is 0 Å². The largest absolute Gasteiger partial charge is 0.456 e. The third-order valence-electron chi connectivity index (χ3n) is 10.7. The maximum absolute atomic E-state index is 6.54. The summed E-state index contributed by atoms with van der Waals surface area (Å²) in [5.41, 5.74) is 10.7. The zero-order valence-electron chi connectivity index (χ0n) is 27.5. The average Bonchev–Trinajstić information content (AvgIpc) is 3.85. The zero-order valence-corrected chi connectivity index (χ0v) is 27.5. The normalized spacial score (nSPS) is 13.3. The molecule has 0 saturated carbocycles. The number of furan rings is 1. The lowest BCUT2D eigenvalue weighted by molar-refractivity contribution is 0.665. The van der Waals surface area contributed by atoms with Crippen LogP contribution in [0, 0.1) is 0 Å². The Hall–Kier alpha value is -6.78. The quantitative estimate of drug-likeness (QED) is 0.190. The minimum Gasteiger partial charge on any atom is -0.456 e. The monoisotopic (exact) mass is 651 g/mol. The van der Waals surface area contributed by atoms with Gasteiger partial charge in [0.15, 0.2) is 5.82 Å². The predicted octanol–water partition coefficient (Wildman–Crippen LogP) is 11.5. The predicted molar refractivity (Wildman–Crippen MR) is 206 cm³/mol. The van der Waals surface area contributed by atoms with Crippen molar-refractivity contribution in [3.63, 3.8) is 0 Å². The number of fused-ring (bicyclic) bond motifs is 9. The van der Waals surface area contributed by atoms with Gasteiger partial charge in [-0.25, -0.2) is 9.97 Å². The van der Waals surface area contributed by atoms with Gasteiger partial charge in [0.1, 0.15) is 22.4 Å². The molecule has 0 N–H and O–H groups in total. The standard InChI is InChI=1S/C47H29N3O/c1-2-15-30(16-3-1)39-29-44(50-40-25-11-6-19-33(40)34-20-7-12-26-41(34)50)49-46(48-39)47(36-22-9-4-17-31(36)32-18-5-10-23-37(32)47)38-24-14-28-43-45(38)35-21-8-13-27-42(35)51-43/h1-29H. The highest BCUT2D eigenvalue weighted by atomic mass is 16.3. The average molecular weight is 652 g/mol. The molecular formula is C47H29N3O. The van der Waals surface area contributed by atoms with E-state index >= 15 is 0 Å². The molecule has 10 aromatic rings. The molecule has 0 radical (unpaired) electrons. The molecule has 7 aromatic carbocycles. The van der Waals surface area contributed by atoms with Gasteiger partial charge in [-0.2, -0.15) is 0 Å². The van der Waals surface area contributed by atoms with Crippen LogP contribution in [0.3, 0.4) is 0 Å². The van der Waals surface area contributed by atoms with Gasteiger partial charge in [-0.3, -0.25) is 4.57 Å².